The van der Waals surface area contributed by atoms with Gasteiger partial charge in [-0.15, -0.1) is 0 Å². The van der Waals surface area contributed by atoms with Gasteiger partial charge in [-0.05, 0) is 30.9 Å². The number of halogens is 1. The van der Waals surface area contributed by atoms with Crippen molar-refractivity contribution in [2.75, 3.05) is 19.6 Å². The number of nitrogens with zero attached hydrogens (tertiary/aromatic N) is 1. The summed E-state index contributed by atoms with van der Waals surface area (Å²) < 4.78 is 0. The number of rotatable bonds is 5. The number of amides is 2. The van der Waals surface area contributed by atoms with Crippen LogP contribution in [0.2, 0.25) is 5.02 Å². The van der Waals surface area contributed by atoms with Crippen LogP contribution in [0, 0.1) is 5.92 Å². The van der Waals surface area contributed by atoms with Gasteiger partial charge in [0.15, 0.2) is 0 Å². The lowest BCUT2D eigenvalue weighted by molar-refractivity contribution is -0.128. The Morgan fingerprint density at radius 2 is 1.74 bits per heavy atom. The molecule has 3 rings (SSSR count). The average Bonchev–Trinajstić information content (AvgIpc) is 2.72. The number of piperidine rings is 1. The predicted octanol–water partition coefficient (Wildman–Crippen LogP) is 3.19. The van der Waals surface area contributed by atoms with Crippen LogP contribution in [0.1, 0.15) is 33.6 Å². The Morgan fingerprint density at radius 1 is 1.04 bits per heavy atom. The largest absolute Gasteiger partial charge is 0.352 e. The second kappa shape index (κ2) is 8.82. The molecule has 2 aromatic carbocycles. The number of nitrogens with one attached hydrogen (secondary N) is 1. The van der Waals surface area contributed by atoms with Gasteiger partial charge < -0.3 is 10.2 Å². The third-order valence-corrected chi connectivity index (χ3v) is 5.04. The van der Waals surface area contributed by atoms with E-state index in [1.165, 1.54) is 0 Å². The fourth-order valence-electron chi connectivity index (χ4n) is 3.25. The van der Waals surface area contributed by atoms with Gasteiger partial charge in [-0.25, -0.2) is 0 Å². The first-order chi connectivity index (χ1) is 13.1. The Labute approximate surface area is 163 Å². The Hall–Kier alpha value is -2.66. The summed E-state index contributed by atoms with van der Waals surface area (Å²) in [4.78, 5) is 38.8. The first-order valence-corrected chi connectivity index (χ1v) is 9.35. The monoisotopic (exact) mass is 384 g/mol. The Morgan fingerprint density at radius 3 is 2.48 bits per heavy atom. The maximum atomic E-state index is 12.5. The van der Waals surface area contributed by atoms with Crippen LogP contribution in [0.25, 0.3) is 0 Å². The molecule has 6 heteroatoms. The normalized spacial score (nSPS) is 16.6. The average molecular weight is 385 g/mol. The van der Waals surface area contributed by atoms with E-state index >= 15 is 0 Å². The molecule has 2 amide bonds. The van der Waals surface area contributed by atoms with Crippen molar-refractivity contribution >= 4 is 29.2 Å². The van der Waals surface area contributed by atoms with Crippen molar-refractivity contribution in [1.29, 1.82) is 0 Å². The number of hydrogen-bond donors (Lipinski definition) is 1. The van der Waals surface area contributed by atoms with E-state index in [4.69, 9.17) is 11.6 Å². The minimum absolute atomic E-state index is 0.109. The van der Waals surface area contributed by atoms with Crippen LogP contribution in [0.4, 0.5) is 0 Å². The molecule has 0 aliphatic carbocycles. The van der Waals surface area contributed by atoms with Gasteiger partial charge in [-0.2, -0.15) is 0 Å². The molecule has 0 spiro atoms. The van der Waals surface area contributed by atoms with Crippen molar-refractivity contribution in [3.05, 3.63) is 70.7 Å². The quantitative estimate of drug-likeness (QED) is 0.636. The van der Waals surface area contributed by atoms with E-state index in [1.807, 2.05) is 0 Å². The maximum Gasteiger partial charge on any atom is 0.294 e. The van der Waals surface area contributed by atoms with Crippen LogP contribution in [0.15, 0.2) is 54.6 Å². The molecule has 0 aromatic heterocycles. The molecule has 1 heterocycles. The molecule has 1 fully saturated rings. The summed E-state index contributed by atoms with van der Waals surface area (Å²) in [6, 6.07) is 15.5. The summed E-state index contributed by atoms with van der Waals surface area (Å²) >= 11 is 6.05. The fourth-order valence-corrected chi connectivity index (χ4v) is 3.47. The van der Waals surface area contributed by atoms with Crippen LogP contribution < -0.4 is 5.32 Å². The lowest BCUT2D eigenvalue weighted by Gasteiger charge is -2.32. The second-order valence-corrected chi connectivity index (χ2v) is 7.05. The SMILES string of the molecule is O=C(C(=O)N1CCCC(CNC(=O)c2ccccc2Cl)C1)c1ccccc1. The standard InChI is InChI=1S/C21H21ClN2O3/c22-18-11-5-4-10-17(18)20(26)23-13-15-7-6-12-24(14-15)21(27)19(25)16-8-2-1-3-9-16/h1-5,8-11,15H,6-7,12-14H2,(H,23,26). The lowest BCUT2D eigenvalue weighted by atomic mass is 9.97. The lowest BCUT2D eigenvalue weighted by Crippen LogP contribution is -2.46. The fraction of sp³-hybridized carbons (Fsp3) is 0.286. The highest BCUT2D eigenvalue weighted by Crippen LogP contribution is 2.18. The van der Waals surface area contributed by atoms with Crippen molar-refractivity contribution in [2.24, 2.45) is 5.92 Å². The van der Waals surface area contributed by atoms with Gasteiger partial charge in [0, 0.05) is 25.2 Å². The number of hydrogen-bond acceptors (Lipinski definition) is 3. The molecule has 1 aliphatic heterocycles. The van der Waals surface area contributed by atoms with Crippen molar-refractivity contribution < 1.29 is 14.4 Å². The van der Waals surface area contributed by atoms with Gasteiger partial charge in [-0.3, -0.25) is 14.4 Å². The summed E-state index contributed by atoms with van der Waals surface area (Å²) in [6.45, 7) is 1.46. The van der Waals surface area contributed by atoms with E-state index in [9.17, 15) is 14.4 Å². The van der Waals surface area contributed by atoms with Gasteiger partial charge in [0.25, 0.3) is 11.8 Å². The van der Waals surface area contributed by atoms with Crippen molar-refractivity contribution in [2.45, 2.75) is 12.8 Å². The second-order valence-electron chi connectivity index (χ2n) is 6.64. The van der Waals surface area contributed by atoms with Crippen LogP contribution >= 0.6 is 11.6 Å². The zero-order valence-electron chi connectivity index (χ0n) is 14.9. The zero-order valence-corrected chi connectivity index (χ0v) is 15.6. The number of carbonyl (C=O) groups excluding carboxylic acids is 3. The molecule has 2 aromatic rings. The first kappa shape index (κ1) is 19.1. The minimum Gasteiger partial charge on any atom is -0.352 e. The highest BCUT2D eigenvalue weighted by atomic mass is 35.5. The molecular weight excluding hydrogens is 364 g/mol. The molecular formula is C21H21ClN2O3. The van der Waals surface area contributed by atoms with E-state index in [-0.39, 0.29) is 11.8 Å². The maximum absolute atomic E-state index is 12.5. The number of likely N-dealkylation sites (tertiary alicyclic amines) is 1. The molecule has 1 unspecified atom stereocenters. The molecule has 27 heavy (non-hydrogen) atoms. The van der Waals surface area contributed by atoms with Crippen molar-refractivity contribution in [3.8, 4) is 0 Å². The number of Topliss-reactive ketones (excluding diaryl/α,β-unsaturated/α-hetero) is 1. The molecule has 1 aliphatic rings. The smallest absolute Gasteiger partial charge is 0.294 e. The first-order valence-electron chi connectivity index (χ1n) is 8.97. The van der Waals surface area contributed by atoms with Gasteiger partial charge in [0.05, 0.1) is 10.6 Å². The summed E-state index contributed by atoms with van der Waals surface area (Å²) in [7, 11) is 0. The molecule has 5 nitrogen and oxygen atoms in total. The van der Waals surface area contributed by atoms with E-state index in [1.54, 1.807) is 59.5 Å². The number of benzene rings is 2. The Bertz CT molecular complexity index is 838. The van der Waals surface area contributed by atoms with Gasteiger partial charge in [0.2, 0.25) is 5.78 Å². The predicted molar refractivity (Wildman–Crippen MR) is 104 cm³/mol. The molecule has 0 bridgehead atoms. The topological polar surface area (TPSA) is 66.5 Å². The molecule has 1 atom stereocenters. The third kappa shape index (κ3) is 4.74. The molecule has 0 radical (unpaired) electrons. The van der Waals surface area contributed by atoms with Crippen molar-refractivity contribution in [3.63, 3.8) is 0 Å². The summed E-state index contributed by atoms with van der Waals surface area (Å²) in [5, 5.41) is 3.29. The van der Waals surface area contributed by atoms with E-state index in [2.05, 4.69) is 5.32 Å². The molecule has 1 saturated heterocycles. The molecule has 0 saturated carbocycles. The van der Waals surface area contributed by atoms with E-state index in [0.29, 0.717) is 35.8 Å². The molecule has 140 valence electrons. The van der Waals surface area contributed by atoms with Gasteiger partial charge >= 0.3 is 0 Å². The van der Waals surface area contributed by atoms with Crippen LogP contribution in [0.3, 0.4) is 0 Å². The zero-order chi connectivity index (χ0) is 19.2. The third-order valence-electron chi connectivity index (χ3n) is 4.71. The van der Waals surface area contributed by atoms with Crippen LogP contribution in [-0.2, 0) is 4.79 Å². The number of carbonyl (C=O) groups is 3. The summed E-state index contributed by atoms with van der Waals surface area (Å²) in [5.74, 6) is -1.10. The van der Waals surface area contributed by atoms with Crippen LogP contribution in [-0.4, -0.2) is 42.1 Å². The van der Waals surface area contributed by atoms with Crippen molar-refractivity contribution in [1.82, 2.24) is 10.2 Å². The van der Waals surface area contributed by atoms with Gasteiger partial charge in [-0.1, -0.05) is 54.1 Å². The summed E-state index contributed by atoms with van der Waals surface area (Å²) in [6.07, 6.45) is 1.70. The highest BCUT2D eigenvalue weighted by molar-refractivity contribution is 6.42. The highest BCUT2D eigenvalue weighted by Gasteiger charge is 2.28. The summed E-state index contributed by atoms with van der Waals surface area (Å²) in [5.41, 5.74) is 0.832. The van der Waals surface area contributed by atoms with Gasteiger partial charge in [0.1, 0.15) is 0 Å². The van der Waals surface area contributed by atoms with E-state index < -0.39 is 11.7 Å². The number of ketones is 1. The molecule has 1 N–H and O–H groups in total. The van der Waals surface area contributed by atoms with E-state index in [0.717, 1.165) is 12.8 Å². The Balaban J connectivity index is 1.56. The minimum atomic E-state index is -0.489. The van der Waals surface area contributed by atoms with Crippen LogP contribution in [0.5, 0.6) is 0 Å². The Kier molecular flexibility index (Phi) is 6.24.